The van der Waals surface area contributed by atoms with Gasteiger partial charge < -0.3 is 34.1 Å². The van der Waals surface area contributed by atoms with Crippen LogP contribution in [-0.2, 0) is 30.7 Å². The first-order valence-electron chi connectivity index (χ1n) is 14.1. The quantitative estimate of drug-likeness (QED) is 0.383. The Bertz CT molecular complexity index is 1290. The molecule has 3 aliphatic heterocycles. The smallest absolute Gasteiger partial charge is 0.407 e. The minimum atomic E-state index is -4.02. The van der Waals surface area contributed by atoms with E-state index in [1.165, 1.54) is 16.4 Å². The molecule has 12 heteroatoms. The van der Waals surface area contributed by atoms with Gasteiger partial charge in [-0.2, -0.15) is 4.31 Å². The van der Waals surface area contributed by atoms with Gasteiger partial charge in [0.15, 0.2) is 17.8 Å². The molecule has 0 aromatic heterocycles. The number of nitrogens with one attached hydrogen (secondary N) is 1. The normalized spacial score (nSPS) is 23.7. The predicted molar refractivity (Wildman–Crippen MR) is 148 cm³/mol. The van der Waals surface area contributed by atoms with Crippen molar-refractivity contribution in [3.63, 3.8) is 0 Å². The molecular weight excluding hydrogens is 552 g/mol. The van der Waals surface area contributed by atoms with Crippen molar-refractivity contribution in [2.45, 2.75) is 62.5 Å². The lowest BCUT2D eigenvalue weighted by Gasteiger charge is -2.31. The Morgan fingerprint density at radius 3 is 2.68 bits per heavy atom. The van der Waals surface area contributed by atoms with Crippen LogP contribution in [0.5, 0.6) is 11.5 Å². The summed E-state index contributed by atoms with van der Waals surface area (Å²) in [6, 6.07) is 13.0. The molecule has 41 heavy (non-hydrogen) atoms. The summed E-state index contributed by atoms with van der Waals surface area (Å²) in [5.41, 5.74) is 0.873. The van der Waals surface area contributed by atoms with Crippen LogP contribution in [0.4, 0.5) is 4.79 Å². The number of aliphatic hydroxyl groups is 1. The van der Waals surface area contributed by atoms with Crippen LogP contribution in [0.3, 0.4) is 0 Å². The van der Waals surface area contributed by atoms with E-state index in [9.17, 15) is 18.3 Å². The van der Waals surface area contributed by atoms with Gasteiger partial charge in [-0.15, -0.1) is 0 Å². The standard InChI is InChI=1S/C29H38N2O9S/c1-3-19(2)15-31(41(34,35)21-9-10-25-26(14-21)39-18-38-25)16-24(32)23(13-20-7-5-4-6-8-20)30-29(33)40-27-17-37-28-22(27)11-12-36-28/h4-10,14,19,22-24,27-28,32H,3,11-13,15-18H2,1-2H3,(H,30,33)/t19-,22-,23-,24+,27-,28?/m0/s1. The number of amides is 1. The number of benzene rings is 2. The number of aliphatic hydroxyl groups excluding tert-OH is 1. The van der Waals surface area contributed by atoms with Gasteiger partial charge in [-0.05, 0) is 36.5 Å². The van der Waals surface area contributed by atoms with E-state index in [1.54, 1.807) is 6.07 Å². The molecule has 1 amide bonds. The molecule has 0 saturated carbocycles. The molecule has 0 spiro atoms. The van der Waals surface area contributed by atoms with Crippen LogP contribution in [0.2, 0.25) is 0 Å². The zero-order chi connectivity index (χ0) is 29.0. The number of hydrogen-bond donors (Lipinski definition) is 2. The summed E-state index contributed by atoms with van der Waals surface area (Å²) < 4.78 is 56.5. The van der Waals surface area contributed by atoms with Crippen molar-refractivity contribution in [1.82, 2.24) is 9.62 Å². The van der Waals surface area contributed by atoms with E-state index in [-0.39, 0.29) is 55.9 Å². The Labute approximate surface area is 240 Å². The fourth-order valence-electron chi connectivity index (χ4n) is 5.29. The maximum atomic E-state index is 13.8. The van der Waals surface area contributed by atoms with Crippen LogP contribution < -0.4 is 14.8 Å². The summed E-state index contributed by atoms with van der Waals surface area (Å²) in [6.45, 7) is 4.71. The number of alkyl carbamates (subject to hydrolysis) is 1. The molecule has 2 saturated heterocycles. The van der Waals surface area contributed by atoms with Crippen molar-refractivity contribution in [2.75, 3.05) is 33.1 Å². The number of sulfonamides is 1. The van der Waals surface area contributed by atoms with Crippen LogP contribution in [0, 0.1) is 11.8 Å². The summed E-state index contributed by atoms with van der Waals surface area (Å²) >= 11 is 0. The number of nitrogens with zero attached hydrogens (tertiary/aromatic N) is 1. The number of ether oxygens (including phenoxy) is 5. The molecule has 0 bridgehead atoms. The Hall–Kier alpha value is -2.90. The van der Waals surface area contributed by atoms with Crippen LogP contribution in [0.1, 0.15) is 32.3 Å². The van der Waals surface area contributed by atoms with Gasteiger partial charge in [0.25, 0.3) is 0 Å². The van der Waals surface area contributed by atoms with Gasteiger partial charge >= 0.3 is 6.09 Å². The Kier molecular flexibility index (Phi) is 9.35. The summed E-state index contributed by atoms with van der Waals surface area (Å²) in [5, 5.41) is 14.3. The molecule has 3 aliphatic rings. The SMILES string of the molecule is CC[C@H](C)CN(C[C@@H](O)[C@H](Cc1ccccc1)NC(=O)O[C@H]1COC2OCC[C@H]21)S(=O)(=O)c1ccc2c(c1)OCO2. The summed E-state index contributed by atoms with van der Waals surface area (Å²) in [6.07, 6.45) is -0.998. The second kappa shape index (κ2) is 13.0. The highest BCUT2D eigenvalue weighted by atomic mass is 32.2. The highest BCUT2D eigenvalue weighted by Crippen LogP contribution is 2.35. The Morgan fingerprint density at radius 1 is 1.12 bits per heavy atom. The van der Waals surface area contributed by atoms with Gasteiger partial charge in [-0.1, -0.05) is 50.6 Å². The zero-order valence-electron chi connectivity index (χ0n) is 23.3. The molecule has 6 atom stereocenters. The number of carbonyl (C=O) groups is 1. The maximum Gasteiger partial charge on any atom is 0.407 e. The van der Waals surface area contributed by atoms with Crippen molar-refractivity contribution in [3.05, 3.63) is 54.1 Å². The molecule has 1 unspecified atom stereocenters. The highest BCUT2D eigenvalue weighted by molar-refractivity contribution is 7.89. The van der Waals surface area contributed by atoms with Crippen LogP contribution in [0.15, 0.2) is 53.4 Å². The van der Waals surface area contributed by atoms with E-state index < -0.39 is 34.4 Å². The van der Waals surface area contributed by atoms with Crippen molar-refractivity contribution < 1.29 is 42.0 Å². The lowest BCUT2D eigenvalue weighted by Crippen LogP contribution is -2.51. The van der Waals surface area contributed by atoms with Crippen molar-refractivity contribution >= 4 is 16.1 Å². The third-order valence-electron chi connectivity index (χ3n) is 7.89. The van der Waals surface area contributed by atoms with Gasteiger partial charge in [0, 0.05) is 19.2 Å². The number of rotatable bonds is 12. The molecule has 224 valence electrons. The first-order chi connectivity index (χ1) is 19.7. The molecule has 0 radical (unpaired) electrons. The van der Waals surface area contributed by atoms with E-state index in [1.807, 2.05) is 44.2 Å². The summed E-state index contributed by atoms with van der Waals surface area (Å²) in [7, 11) is -4.02. The lowest BCUT2D eigenvalue weighted by atomic mass is 10.0. The summed E-state index contributed by atoms with van der Waals surface area (Å²) in [5.74, 6) is 0.829. The molecule has 2 fully saturated rings. The second-order valence-corrected chi connectivity index (χ2v) is 12.8. The predicted octanol–water partition coefficient (Wildman–Crippen LogP) is 2.91. The first-order valence-corrected chi connectivity index (χ1v) is 15.5. The second-order valence-electron chi connectivity index (χ2n) is 10.8. The molecule has 2 aromatic rings. The molecule has 0 aliphatic carbocycles. The van der Waals surface area contributed by atoms with E-state index in [0.29, 0.717) is 18.1 Å². The third kappa shape index (κ3) is 6.95. The van der Waals surface area contributed by atoms with Crippen molar-refractivity contribution in [3.8, 4) is 11.5 Å². The van der Waals surface area contributed by atoms with Crippen LogP contribution in [0.25, 0.3) is 0 Å². The fraction of sp³-hybridized carbons (Fsp3) is 0.552. The van der Waals surface area contributed by atoms with E-state index in [0.717, 1.165) is 18.4 Å². The van der Waals surface area contributed by atoms with Crippen molar-refractivity contribution in [2.24, 2.45) is 11.8 Å². The van der Waals surface area contributed by atoms with E-state index in [2.05, 4.69) is 5.32 Å². The monoisotopic (exact) mass is 590 g/mol. The van der Waals surface area contributed by atoms with Gasteiger partial charge in [-0.25, -0.2) is 13.2 Å². The van der Waals surface area contributed by atoms with E-state index >= 15 is 0 Å². The topological polar surface area (TPSA) is 133 Å². The minimum Gasteiger partial charge on any atom is -0.454 e. The highest BCUT2D eigenvalue weighted by Gasteiger charge is 2.44. The summed E-state index contributed by atoms with van der Waals surface area (Å²) in [4.78, 5) is 13.1. The number of carbonyl (C=O) groups excluding carboxylic acids is 1. The zero-order valence-corrected chi connectivity index (χ0v) is 24.1. The molecule has 11 nitrogen and oxygen atoms in total. The third-order valence-corrected chi connectivity index (χ3v) is 9.72. The molecule has 2 aromatic carbocycles. The van der Waals surface area contributed by atoms with Gasteiger partial charge in [0.05, 0.1) is 36.2 Å². The Morgan fingerprint density at radius 2 is 1.90 bits per heavy atom. The van der Waals surface area contributed by atoms with Gasteiger partial charge in [0.2, 0.25) is 16.8 Å². The van der Waals surface area contributed by atoms with Crippen LogP contribution >= 0.6 is 0 Å². The fourth-order valence-corrected chi connectivity index (χ4v) is 6.89. The number of hydrogen-bond acceptors (Lipinski definition) is 9. The molecule has 3 heterocycles. The molecule has 5 rings (SSSR count). The average molecular weight is 591 g/mol. The van der Waals surface area contributed by atoms with Crippen LogP contribution in [-0.4, -0.2) is 81.6 Å². The minimum absolute atomic E-state index is 0.0263. The average Bonchev–Trinajstić information content (AvgIpc) is 3.71. The maximum absolute atomic E-state index is 13.8. The number of fused-ring (bicyclic) bond motifs is 2. The Balaban J connectivity index is 1.34. The van der Waals surface area contributed by atoms with Crippen molar-refractivity contribution in [1.29, 1.82) is 0 Å². The van der Waals surface area contributed by atoms with Gasteiger partial charge in [0.1, 0.15) is 6.10 Å². The molecular formula is C29H38N2O9S. The largest absolute Gasteiger partial charge is 0.454 e. The molecule has 2 N–H and O–H groups in total. The first kappa shape index (κ1) is 29.6. The lowest BCUT2D eigenvalue weighted by molar-refractivity contribution is -0.0907. The van der Waals surface area contributed by atoms with Gasteiger partial charge in [-0.3, -0.25) is 0 Å². The van der Waals surface area contributed by atoms with E-state index in [4.69, 9.17) is 23.7 Å².